The number of nitrogens with zero attached hydrogens (tertiary/aromatic N) is 1. The van der Waals surface area contributed by atoms with Crippen molar-refractivity contribution in [3.63, 3.8) is 0 Å². The lowest BCUT2D eigenvalue weighted by molar-refractivity contribution is 0.241. The lowest BCUT2D eigenvalue weighted by Crippen LogP contribution is -2.23. The van der Waals surface area contributed by atoms with Crippen LogP contribution in [-0.4, -0.2) is 16.3 Å². The topological polar surface area (TPSA) is 48.1 Å². The quantitative estimate of drug-likeness (QED) is 0.937. The summed E-state index contributed by atoms with van der Waals surface area (Å²) >= 11 is 1.87. The highest BCUT2D eigenvalue weighted by Gasteiger charge is 2.28. The number of ether oxygens (including phenoxy) is 1. The Balaban J connectivity index is 1.76. The zero-order chi connectivity index (χ0) is 14.8. The first-order valence-electron chi connectivity index (χ1n) is 7.25. The highest BCUT2D eigenvalue weighted by Crippen LogP contribution is 2.41. The van der Waals surface area contributed by atoms with E-state index in [1.54, 1.807) is 6.20 Å². The van der Waals surface area contributed by atoms with Gasteiger partial charge < -0.3 is 10.5 Å². The molecule has 3 nitrogen and oxygen atoms in total. The first-order chi connectivity index (χ1) is 10.1. The Kier molecular flexibility index (Phi) is 4.17. The van der Waals surface area contributed by atoms with E-state index in [4.69, 9.17) is 10.5 Å². The number of hydrogen-bond donors (Lipinski definition) is 1. The summed E-state index contributed by atoms with van der Waals surface area (Å²) in [4.78, 5) is 5.61. The van der Waals surface area contributed by atoms with Crippen molar-refractivity contribution in [2.45, 2.75) is 42.6 Å². The van der Waals surface area contributed by atoms with Gasteiger partial charge in [0.2, 0.25) is 0 Å². The van der Waals surface area contributed by atoms with Gasteiger partial charge in [0.1, 0.15) is 5.75 Å². The predicted octanol–water partition coefficient (Wildman–Crippen LogP) is 3.59. The average Bonchev–Trinajstić information content (AvgIpc) is 2.90. The van der Waals surface area contributed by atoms with Crippen molar-refractivity contribution in [1.82, 2.24) is 4.98 Å². The Morgan fingerprint density at radius 1 is 1.29 bits per heavy atom. The molecule has 1 aromatic carbocycles. The molecule has 0 spiro atoms. The van der Waals surface area contributed by atoms with Gasteiger partial charge in [0, 0.05) is 22.4 Å². The van der Waals surface area contributed by atoms with Gasteiger partial charge in [0.25, 0.3) is 0 Å². The van der Waals surface area contributed by atoms with Crippen molar-refractivity contribution in [2.24, 2.45) is 5.73 Å². The molecule has 2 unspecified atom stereocenters. The van der Waals surface area contributed by atoms with Crippen LogP contribution >= 0.6 is 11.8 Å². The molecular formula is C17H20N2OS. The van der Waals surface area contributed by atoms with Crippen LogP contribution in [0.25, 0.3) is 0 Å². The Labute approximate surface area is 129 Å². The summed E-state index contributed by atoms with van der Waals surface area (Å²) in [5.74, 6) is 0.790. The molecule has 2 heterocycles. The predicted molar refractivity (Wildman–Crippen MR) is 86.7 cm³/mol. The van der Waals surface area contributed by atoms with Gasteiger partial charge in [-0.2, -0.15) is 0 Å². The first-order valence-corrected chi connectivity index (χ1v) is 8.13. The van der Waals surface area contributed by atoms with E-state index in [1.807, 2.05) is 37.9 Å². The zero-order valence-corrected chi connectivity index (χ0v) is 13.1. The molecule has 2 N–H and O–H groups in total. The van der Waals surface area contributed by atoms with Gasteiger partial charge >= 0.3 is 0 Å². The summed E-state index contributed by atoms with van der Waals surface area (Å²) in [6.45, 7) is 4.02. The highest BCUT2D eigenvalue weighted by molar-refractivity contribution is 8.00. The molecule has 0 saturated heterocycles. The monoisotopic (exact) mass is 300 g/mol. The van der Waals surface area contributed by atoms with E-state index >= 15 is 0 Å². The third-order valence-corrected chi connectivity index (χ3v) is 4.98. The molecule has 0 saturated carbocycles. The normalized spacial score (nSPS) is 18.6. The third-order valence-electron chi connectivity index (χ3n) is 3.56. The minimum atomic E-state index is -0.0365. The fourth-order valence-corrected chi connectivity index (χ4v) is 3.93. The fourth-order valence-electron chi connectivity index (χ4n) is 2.58. The average molecular weight is 300 g/mol. The van der Waals surface area contributed by atoms with Crippen LogP contribution in [0.15, 0.2) is 47.6 Å². The molecular weight excluding hydrogens is 280 g/mol. The van der Waals surface area contributed by atoms with Crippen molar-refractivity contribution in [1.29, 1.82) is 0 Å². The van der Waals surface area contributed by atoms with Crippen LogP contribution in [0.5, 0.6) is 5.75 Å². The second kappa shape index (κ2) is 6.08. The number of benzene rings is 1. The second-order valence-corrected chi connectivity index (χ2v) is 6.90. The molecule has 2 aromatic rings. The van der Waals surface area contributed by atoms with Gasteiger partial charge in [-0.05, 0) is 43.5 Å². The highest BCUT2D eigenvalue weighted by atomic mass is 32.2. The number of aromatic nitrogens is 1. The van der Waals surface area contributed by atoms with E-state index in [0.29, 0.717) is 5.25 Å². The van der Waals surface area contributed by atoms with Crippen molar-refractivity contribution in [3.8, 4) is 5.75 Å². The van der Waals surface area contributed by atoms with Crippen molar-refractivity contribution < 1.29 is 4.74 Å². The molecule has 4 heteroatoms. The molecule has 3 rings (SSSR count). The van der Waals surface area contributed by atoms with Gasteiger partial charge in [-0.25, -0.2) is 0 Å². The first kappa shape index (κ1) is 14.4. The smallest absolute Gasteiger partial charge is 0.138 e. The van der Waals surface area contributed by atoms with Crippen molar-refractivity contribution in [2.75, 3.05) is 0 Å². The van der Waals surface area contributed by atoms with E-state index in [-0.39, 0.29) is 12.1 Å². The van der Waals surface area contributed by atoms with E-state index in [9.17, 15) is 0 Å². The SMILES string of the molecule is CC(C)Oc1cncc(C(N)C2Cc3ccccc3S2)c1. The second-order valence-electron chi connectivity index (χ2n) is 5.61. The summed E-state index contributed by atoms with van der Waals surface area (Å²) in [6, 6.07) is 10.5. The maximum absolute atomic E-state index is 6.46. The van der Waals surface area contributed by atoms with Gasteiger partial charge in [-0.3, -0.25) is 4.98 Å². The van der Waals surface area contributed by atoms with E-state index < -0.39 is 0 Å². The number of thioether (sulfide) groups is 1. The molecule has 0 amide bonds. The number of rotatable bonds is 4. The van der Waals surface area contributed by atoms with E-state index in [1.165, 1.54) is 10.5 Å². The van der Waals surface area contributed by atoms with E-state index in [2.05, 4.69) is 29.2 Å². The minimum Gasteiger partial charge on any atom is -0.489 e. The Morgan fingerprint density at radius 2 is 2.10 bits per heavy atom. The molecule has 110 valence electrons. The van der Waals surface area contributed by atoms with Crippen LogP contribution in [0.2, 0.25) is 0 Å². The summed E-state index contributed by atoms with van der Waals surface area (Å²) in [5.41, 5.74) is 8.90. The summed E-state index contributed by atoms with van der Waals surface area (Å²) in [7, 11) is 0. The Hall–Kier alpha value is -1.52. The number of nitrogens with two attached hydrogens (primary N) is 1. The number of hydrogen-bond acceptors (Lipinski definition) is 4. The van der Waals surface area contributed by atoms with Crippen LogP contribution in [0.4, 0.5) is 0 Å². The van der Waals surface area contributed by atoms with E-state index in [0.717, 1.165) is 17.7 Å². The molecule has 0 fully saturated rings. The molecule has 1 aliphatic rings. The Bertz CT molecular complexity index is 605. The maximum atomic E-state index is 6.46. The maximum Gasteiger partial charge on any atom is 0.138 e. The van der Waals surface area contributed by atoms with Crippen LogP contribution in [0.3, 0.4) is 0 Å². The van der Waals surface area contributed by atoms with Crippen LogP contribution < -0.4 is 10.5 Å². The van der Waals surface area contributed by atoms with Crippen LogP contribution in [0, 0.1) is 0 Å². The minimum absolute atomic E-state index is 0.0365. The van der Waals surface area contributed by atoms with Gasteiger partial charge in [0.05, 0.1) is 12.3 Å². The van der Waals surface area contributed by atoms with Crippen molar-refractivity contribution in [3.05, 3.63) is 53.9 Å². The van der Waals surface area contributed by atoms with Gasteiger partial charge in [-0.15, -0.1) is 11.8 Å². The fraction of sp³-hybridized carbons (Fsp3) is 0.353. The standard InChI is InChI=1S/C17H20N2OS/c1-11(2)20-14-7-13(9-19-10-14)17(18)16-8-12-5-3-4-6-15(12)21-16/h3-7,9-11,16-17H,8,18H2,1-2H3. The third kappa shape index (κ3) is 3.22. The molecule has 1 aliphatic heterocycles. The lowest BCUT2D eigenvalue weighted by atomic mass is 10.0. The van der Waals surface area contributed by atoms with Gasteiger partial charge in [-0.1, -0.05) is 18.2 Å². The summed E-state index contributed by atoms with van der Waals surface area (Å²) < 4.78 is 5.70. The van der Waals surface area contributed by atoms with Gasteiger partial charge in [0.15, 0.2) is 0 Å². The lowest BCUT2D eigenvalue weighted by Gasteiger charge is -2.19. The van der Waals surface area contributed by atoms with Crippen molar-refractivity contribution >= 4 is 11.8 Å². The molecule has 21 heavy (non-hydrogen) atoms. The molecule has 0 radical (unpaired) electrons. The Morgan fingerprint density at radius 3 is 2.86 bits per heavy atom. The molecule has 1 aromatic heterocycles. The summed E-state index contributed by atoms with van der Waals surface area (Å²) in [5, 5.41) is 0.360. The van der Waals surface area contributed by atoms with Crippen LogP contribution in [0.1, 0.15) is 31.0 Å². The molecule has 0 bridgehead atoms. The largest absolute Gasteiger partial charge is 0.489 e. The number of fused-ring (bicyclic) bond motifs is 1. The summed E-state index contributed by atoms with van der Waals surface area (Å²) in [6.07, 6.45) is 4.74. The van der Waals surface area contributed by atoms with Crippen LogP contribution in [-0.2, 0) is 6.42 Å². The zero-order valence-electron chi connectivity index (χ0n) is 12.3. The molecule has 0 aliphatic carbocycles. The molecule has 2 atom stereocenters. The number of pyridine rings is 1.